The van der Waals surface area contributed by atoms with Crippen molar-refractivity contribution in [3.05, 3.63) is 84.9 Å². The van der Waals surface area contributed by atoms with Crippen LogP contribution in [0.15, 0.2) is 84.9 Å². The molecule has 0 unspecified atom stereocenters. The van der Waals surface area contributed by atoms with Gasteiger partial charge in [-0.15, -0.1) is 0 Å². The van der Waals surface area contributed by atoms with Crippen molar-refractivity contribution in [2.75, 3.05) is 5.75 Å². The second-order valence-corrected chi connectivity index (χ2v) is 9.98. The third kappa shape index (κ3) is 3.83. The molecule has 6 rings (SSSR count). The minimum Gasteiger partial charge on any atom is -0.341 e. The molecule has 0 aliphatic rings. The van der Waals surface area contributed by atoms with Crippen LogP contribution < -0.4 is 0 Å². The minimum absolute atomic E-state index is 0.976. The third-order valence-electron chi connectivity index (χ3n) is 7.48. The Morgan fingerprint density at radius 3 is 1.66 bits per heavy atom. The zero-order valence-corrected chi connectivity index (χ0v) is 21.3. The third-order valence-corrected chi connectivity index (χ3v) is 7.80. The highest BCUT2D eigenvalue weighted by Gasteiger charge is 2.13. The van der Waals surface area contributed by atoms with Crippen LogP contribution in [0, 0.1) is 0 Å². The average Bonchev–Trinajstić information content (AvgIpc) is 3.40. The maximum Gasteiger partial charge on any atom is 0.0491 e. The van der Waals surface area contributed by atoms with Crippen LogP contribution in [0.1, 0.15) is 32.6 Å². The van der Waals surface area contributed by atoms with E-state index in [1.807, 2.05) is 0 Å². The molecule has 4 aromatic carbocycles. The first kappa shape index (κ1) is 22.3. The Morgan fingerprint density at radius 2 is 1.06 bits per heavy atom. The van der Waals surface area contributed by atoms with Crippen LogP contribution >= 0.6 is 12.6 Å². The van der Waals surface area contributed by atoms with Crippen LogP contribution in [0.25, 0.3) is 54.7 Å². The van der Waals surface area contributed by atoms with Crippen molar-refractivity contribution in [2.24, 2.45) is 0 Å². The second-order valence-electron chi connectivity index (χ2n) is 9.53. The summed E-state index contributed by atoms with van der Waals surface area (Å²) in [6.45, 7) is 4.27. The molecular formula is C32H32N2S. The van der Waals surface area contributed by atoms with Crippen molar-refractivity contribution < 1.29 is 0 Å². The maximum atomic E-state index is 4.36. The van der Waals surface area contributed by atoms with Crippen molar-refractivity contribution in [1.82, 2.24) is 9.13 Å². The summed E-state index contributed by atoms with van der Waals surface area (Å²) in [5.41, 5.74) is 7.87. The van der Waals surface area contributed by atoms with E-state index in [0.29, 0.717) is 0 Å². The van der Waals surface area contributed by atoms with Crippen LogP contribution in [0.5, 0.6) is 0 Å². The molecule has 0 aliphatic carbocycles. The van der Waals surface area contributed by atoms with E-state index < -0.39 is 0 Å². The Morgan fingerprint density at radius 1 is 0.543 bits per heavy atom. The number of fused-ring (bicyclic) bond motifs is 6. The smallest absolute Gasteiger partial charge is 0.0491 e. The number of para-hydroxylation sites is 2. The summed E-state index contributed by atoms with van der Waals surface area (Å²) in [5, 5.41) is 5.37. The molecular weight excluding hydrogens is 444 g/mol. The summed E-state index contributed by atoms with van der Waals surface area (Å²) in [6.07, 6.45) is 4.95. The molecule has 0 N–H and O–H groups in total. The van der Waals surface area contributed by atoms with Crippen molar-refractivity contribution in [1.29, 1.82) is 0 Å². The van der Waals surface area contributed by atoms with Gasteiger partial charge in [-0.05, 0) is 73.0 Å². The Hall–Kier alpha value is -3.17. The van der Waals surface area contributed by atoms with E-state index in [1.54, 1.807) is 0 Å². The summed E-state index contributed by atoms with van der Waals surface area (Å²) < 4.78 is 4.94. The van der Waals surface area contributed by atoms with E-state index in [9.17, 15) is 0 Å². The predicted molar refractivity (Wildman–Crippen MR) is 156 cm³/mol. The summed E-state index contributed by atoms with van der Waals surface area (Å²) in [6, 6.07) is 31.6. The van der Waals surface area contributed by atoms with Gasteiger partial charge >= 0.3 is 0 Å². The molecule has 2 aromatic heterocycles. The molecule has 0 fully saturated rings. The summed E-state index contributed by atoms with van der Waals surface area (Å²) in [4.78, 5) is 0. The molecule has 0 atom stereocenters. The van der Waals surface area contributed by atoms with Gasteiger partial charge in [0.15, 0.2) is 0 Å². The van der Waals surface area contributed by atoms with Crippen LogP contribution in [-0.2, 0) is 13.1 Å². The number of aryl methyl sites for hydroxylation is 2. The highest BCUT2D eigenvalue weighted by atomic mass is 32.1. The first-order valence-corrected chi connectivity index (χ1v) is 13.6. The fourth-order valence-corrected chi connectivity index (χ4v) is 6.01. The molecule has 2 nitrogen and oxygen atoms in total. The minimum atomic E-state index is 0.976. The number of unbranched alkanes of at least 4 members (excludes halogenated alkanes) is 3. The quantitative estimate of drug-likeness (QED) is 0.166. The van der Waals surface area contributed by atoms with Gasteiger partial charge < -0.3 is 9.13 Å². The fourth-order valence-electron chi connectivity index (χ4n) is 5.78. The topological polar surface area (TPSA) is 9.86 Å². The fraction of sp³-hybridized carbons (Fsp3) is 0.250. The zero-order chi connectivity index (χ0) is 23.8. The zero-order valence-electron chi connectivity index (χ0n) is 20.4. The van der Waals surface area contributed by atoms with Crippen LogP contribution in [0.4, 0.5) is 0 Å². The van der Waals surface area contributed by atoms with Gasteiger partial charge in [0.2, 0.25) is 0 Å². The van der Waals surface area contributed by atoms with E-state index in [-0.39, 0.29) is 0 Å². The van der Waals surface area contributed by atoms with Gasteiger partial charge in [0, 0.05) is 56.7 Å². The number of hydrogen-bond donors (Lipinski definition) is 1. The lowest BCUT2D eigenvalue weighted by atomic mass is 10.0. The lowest BCUT2D eigenvalue weighted by molar-refractivity contribution is 0.604. The Kier molecular flexibility index (Phi) is 6.03. The standard InChI is InChI=1S/C32H32N2S/c1-2-33-29-13-7-5-11-25(29)27-21-23(15-17-31(27)33)24-16-18-32-28(22-24)26-12-6-8-14-30(26)34(32)19-9-3-4-10-20-35/h5-8,11-18,21-22,35H,2-4,9-10,19-20H2,1H3. The van der Waals surface area contributed by atoms with Gasteiger partial charge in [0.25, 0.3) is 0 Å². The summed E-state index contributed by atoms with van der Waals surface area (Å²) in [5.74, 6) is 0.989. The summed E-state index contributed by atoms with van der Waals surface area (Å²) >= 11 is 4.36. The number of hydrogen-bond acceptors (Lipinski definition) is 1. The highest BCUT2D eigenvalue weighted by Crippen LogP contribution is 2.36. The van der Waals surface area contributed by atoms with Crippen molar-refractivity contribution in [3.63, 3.8) is 0 Å². The van der Waals surface area contributed by atoms with Gasteiger partial charge in [-0.1, -0.05) is 61.4 Å². The largest absolute Gasteiger partial charge is 0.341 e. The average molecular weight is 477 g/mol. The summed E-state index contributed by atoms with van der Waals surface area (Å²) in [7, 11) is 0. The monoisotopic (exact) mass is 476 g/mol. The predicted octanol–water partition coefficient (Wildman–Crippen LogP) is 9.08. The molecule has 0 radical (unpaired) electrons. The highest BCUT2D eigenvalue weighted by molar-refractivity contribution is 7.80. The number of nitrogens with zero attached hydrogens (tertiary/aromatic N) is 2. The first-order valence-electron chi connectivity index (χ1n) is 12.9. The van der Waals surface area contributed by atoms with Crippen molar-refractivity contribution in [3.8, 4) is 11.1 Å². The molecule has 2 heterocycles. The number of aromatic nitrogens is 2. The van der Waals surface area contributed by atoms with Gasteiger partial charge in [-0.2, -0.15) is 12.6 Å². The normalized spacial score (nSPS) is 11.9. The second kappa shape index (κ2) is 9.47. The van der Waals surface area contributed by atoms with Gasteiger partial charge in [-0.25, -0.2) is 0 Å². The Balaban J connectivity index is 1.45. The van der Waals surface area contributed by atoms with Crippen LogP contribution in [0.2, 0.25) is 0 Å². The Labute approximate surface area is 212 Å². The van der Waals surface area contributed by atoms with Gasteiger partial charge in [0.1, 0.15) is 0 Å². The maximum absolute atomic E-state index is 4.36. The van der Waals surface area contributed by atoms with Gasteiger partial charge in [0.05, 0.1) is 0 Å². The lowest BCUT2D eigenvalue weighted by Crippen LogP contribution is -1.97. The molecule has 0 bridgehead atoms. The van der Waals surface area contributed by atoms with E-state index in [2.05, 4.69) is 114 Å². The van der Waals surface area contributed by atoms with Crippen LogP contribution in [0.3, 0.4) is 0 Å². The molecule has 0 saturated heterocycles. The molecule has 0 spiro atoms. The molecule has 0 saturated carbocycles. The molecule has 3 heteroatoms. The number of rotatable bonds is 8. The van der Waals surface area contributed by atoms with Gasteiger partial charge in [-0.3, -0.25) is 0 Å². The molecule has 6 aromatic rings. The van der Waals surface area contributed by atoms with Crippen molar-refractivity contribution >= 4 is 56.2 Å². The molecule has 0 amide bonds. The van der Waals surface area contributed by atoms with Crippen LogP contribution in [-0.4, -0.2) is 14.9 Å². The van der Waals surface area contributed by atoms with E-state index in [0.717, 1.165) is 18.8 Å². The number of benzene rings is 4. The molecule has 0 aliphatic heterocycles. The molecule has 176 valence electrons. The van der Waals surface area contributed by atoms with E-state index in [1.165, 1.54) is 80.4 Å². The van der Waals surface area contributed by atoms with Crippen molar-refractivity contribution in [2.45, 2.75) is 45.7 Å². The first-order chi connectivity index (χ1) is 17.3. The molecule has 35 heavy (non-hydrogen) atoms. The van der Waals surface area contributed by atoms with E-state index in [4.69, 9.17) is 0 Å². The Bertz CT molecular complexity index is 1650. The SMILES string of the molecule is CCn1c2ccccc2c2cc(-c3ccc4c(c3)c3ccccc3n4CCCCCCS)ccc21. The van der Waals surface area contributed by atoms with E-state index >= 15 is 0 Å². The lowest BCUT2D eigenvalue weighted by Gasteiger charge is -2.08. The number of thiol groups is 1.